The van der Waals surface area contributed by atoms with E-state index in [1.807, 2.05) is 19.9 Å². The van der Waals surface area contributed by atoms with Crippen molar-refractivity contribution in [1.82, 2.24) is 14.8 Å². The number of aromatic nitrogens is 1. The Morgan fingerprint density at radius 2 is 1.72 bits per heavy atom. The van der Waals surface area contributed by atoms with Crippen molar-refractivity contribution in [2.24, 2.45) is 17.8 Å². The molecule has 4 aliphatic rings. The number of ether oxygens (including phenoxy) is 4. The monoisotopic (exact) mass is 817 g/mol. The number of aliphatic hydroxyl groups excluding tert-OH is 1. The van der Waals surface area contributed by atoms with E-state index >= 15 is 0 Å². The number of amides is 2. The molecular formula is C43H48ClN3O11. The van der Waals surface area contributed by atoms with Crippen LogP contribution in [0.2, 0.25) is 5.02 Å². The zero-order valence-electron chi connectivity index (χ0n) is 33.3. The first-order chi connectivity index (χ1) is 27.7. The van der Waals surface area contributed by atoms with E-state index in [2.05, 4.69) is 5.32 Å². The third-order valence-corrected chi connectivity index (χ3v) is 12.8. The number of pyridine rings is 1. The number of carbonyl (C=O) groups is 4. The summed E-state index contributed by atoms with van der Waals surface area (Å²) >= 11 is 6.65. The molecule has 1 aliphatic carbocycles. The molecule has 2 amide bonds. The first-order valence-electron chi connectivity index (χ1n) is 19.5. The highest BCUT2D eigenvalue weighted by Crippen LogP contribution is 2.56. The Morgan fingerprint density at radius 1 is 1.00 bits per heavy atom. The Morgan fingerprint density at radius 3 is 2.41 bits per heavy atom. The van der Waals surface area contributed by atoms with Crippen molar-refractivity contribution < 1.29 is 48.3 Å². The molecule has 3 aromatic rings. The van der Waals surface area contributed by atoms with Crippen LogP contribution in [0.15, 0.2) is 58.6 Å². The van der Waals surface area contributed by atoms with E-state index in [1.165, 1.54) is 45.6 Å². The number of halogens is 1. The summed E-state index contributed by atoms with van der Waals surface area (Å²) in [5.74, 6) is -5.06. The molecule has 15 heteroatoms. The number of piperidine rings is 1. The van der Waals surface area contributed by atoms with Gasteiger partial charge >= 0.3 is 0 Å². The Balaban J connectivity index is 1.25. The second kappa shape index (κ2) is 15.7. The van der Waals surface area contributed by atoms with E-state index in [1.54, 1.807) is 28.5 Å². The van der Waals surface area contributed by atoms with Gasteiger partial charge in [-0.25, -0.2) is 0 Å². The maximum absolute atomic E-state index is 14.5. The lowest BCUT2D eigenvalue weighted by molar-refractivity contribution is -0.140. The SMILES string of the molecule is CCC(C)C(NC(=O)CC(C1=C(O)C2(Oc3c(Cl)c(OC)cc(OC)c3C2=O)C(C)CC1=O)c1ccc(O)c(OC)c1)C(=O)N1CC2CC(C1)c1cccc(=O)n1C2. The largest absolute Gasteiger partial charge is 0.507 e. The molecule has 7 unspecified atom stereocenters. The molecule has 4 heterocycles. The van der Waals surface area contributed by atoms with Gasteiger partial charge in [-0.15, -0.1) is 0 Å². The Hall–Kier alpha value is -5.50. The number of rotatable bonds is 11. The number of phenolic OH excluding ortho intramolecular Hbond substituents is 1. The molecule has 58 heavy (non-hydrogen) atoms. The molecule has 2 aromatic carbocycles. The predicted molar refractivity (Wildman–Crippen MR) is 212 cm³/mol. The topological polar surface area (TPSA) is 183 Å². The van der Waals surface area contributed by atoms with Gasteiger partial charge in [-0.2, -0.15) is 0 Å². The summed E-state index contributed by atoms with van der Waals surface area (Å²) in [7, 11) is 4.10. The van der Waals surface area contributed by atoms with Crippen LogP contribution >= 0.6 is 11.6 Å². The fourth-order valence-electron chi connectivity index (χ4n) is 9.21. The predicted octanol–water partition coefficient (Wildman–Crippen LogP) is 5.32. The minimum Gasteiger partial charge on any atom is -0.507 e. The Labute approximate surface area is 340 Å². The van der Waals surface area contributed by atoms with Crippen LogP contribution in [0.4, 0.5) is 0 Å². The molecule has 1 fully saturated rings. The van der Waals surface area contributed by atoms with Gasteiger partial charge in [0.2, 0.25) is 23.2 Å². The van der Waals surface area contributed by atoms with E-state index in [-0.39, 0.29) is 80.5 Å². The number of benzene rings is 2. The number of likely N-dealkylation sites (tertiary alicyclic amines) is 1. The van der Waals surface area contributed by atoms with Gasteiger partial charge < -0.3 is 43.9 Å². The number of fused-ring (bicyclic) bond motifs is 5. The van der Waals surface area contributed by atoms with Gasteiger partial charge in [0.25, 0.3) is 5.56 Å². The number of Topliss-reactive ketones (excluding diaryl/α,β-unsaturated/α-hetero) is 2. The molecule has 1 saturated heterocycles. The highest BCUT2D eigenvalue weighted by atomic mass is 35.5. The van der Waals surface area contributed by atoms with E-state index < -0.39 is 53.1 Å². The van der Waals surface area contributed by atoms with Crippen LogP contribution in [0.1, 0.15) is 79.9 Å². The molecular weight excluding hydrogens is 770 g/mol. The number of methoxy groups -OCH3 is 3. The lowest BCUT2D eigenvalue weighted by atomic mass is 9.69. The maximum atomic E-state index is 14.5. The number of nitrogens with zero attached hydrogens (tertiary/aromatic N) is 2. The average molecular weight is 818 g/mol. The number of hydrogen-bond donors (Lipinski definition) is 3. The minimum atomic E-state index is -2.12. The second-order valence-corrected chi connectivity index (χ2v) is 16.2. The highest BCUT2D eigenvalue weighted by Gasteiger charge is 2.61. The third-order valence-electron chi connectivity index (χ3n) is 12.4. The number of allylic oxidation sites excluding steroid dienone is 1. The van der Waals surface area contributed by atoms with Crippen molar-refractivity contribution in [3.8, 4) is 28.7 Å². The van der Waals surface area contributed by atoms with E-state index in [0.717, 1.165) is 12.1 Å². The first kappa shape index (κ1) is 40.7. The van der Waals surface area contributed by atoms with Gasteiger partial charge in [-0.1, -0.05) is 50.9 Å². The molecule has 14 nitrogen and oxygen atoms in total. The third kappa shape index (κ3) is 6.64. The fourth-order valence-corrected chi connectivity index (χ4v) is 9.47. The number of ketones is 2. The van der Waals surface area contributed by atoms with Gasteiger partial charge in [0.15, 0.2) is 28.8 Å². The quantitative estimate of drug-likeness (QED) is 0.228. The Bertz CT molecular complexity index is 2290. The average Bonchev–Trinajstić information content (AvgIpc) is 3.53. The molecule has 1 spiro atoms. The molecule has 7 atom stereocenters. The number of hydrogen-bond acceptors (Lipinski definition) is 11. The minimum absolute atomic E-state index is 0.0302. The van der Waals surface area contributed by atoms with Crippen molar-refractivity contribution in [2.75, 3.05) is 34.4 Å². The zero-order chi connectivity index (χ0) is 41.8. The second-order valence-electron chi connectivity index (χ2n) is 15.8. The lowest BCUT2D eigenvalue weighted by Crippen LogP contribution is -2.56. The zero-order valence-corrected chi connectivity index (χ0v) is 34.1. The molecule has 308 valence electrons. The van der Waals surface area contributed by atoms with Crippen LogP contribution in [-0.4, -0.2) is 89.1 Å². The molecule has 3 aliphatic heterocycles. The maximum Gasteiger partial charge on any atom is 0.250 e. The summed E-state index contributed by atoms with van der Waals surface area (Å²) in [6.07, 6.45) is 0.728. The fraction of sp³-hybridized carbons (Fsp3) is 0.465. The number of phenols is 1. The van der Waals surface area contributed by atoms with Crippen LogP contribution in [-0.2, 0) is 20.9 Å². The van der Waals surface area contributed by atoms with Crippen molar-refractivity contribution >= 4 is 35.0 Å². The van der Waals surface area contributed by atoms with Gasteiger partial charge in [-0.05, 0) is 42.0 Å². The summed E-state index contributed by atoms with van der Waals surface area (Å²) in [5.41, 5.74) is -1.25. The van der Waals surface area contributed by atoms with Crippen LogP contribution in [0.25, 0.3) is 0 Å². The molecule has 0 saturated carbocycles. The van der Waals surface area contributed by atoms with Crippen LogP contribution in [0, 0.1) is 17.8 Å². The van der Waals surface area contributed by atoms with Gasteiger partial charge in [0.05, 0.1) is 21.3 Å². The molecule has 3 N–H and O–H groups in total. The summed E-state index contributed by atoms with van der Waals surface area (Å²) in [5, 5.41) is 25.8. The van der Waals surface area contributed by atoms with Gasteiger partial charge in [0.1, 0.15) is 28.1 Å². The molecule has 1 aromatic heterocycles. The van der Waals surface area contributed by atoms with Crippen molar-refractivity contribution in [1.29, 1.82) is 0 Å². The summed E-state index contributed by atoms with van der Waals surface area (Å²) in [6.45, 7) is 6.74. The lowest BCUT2D eigenvalue weighted by Gasteiger charge is -2.44. The number of carbonyl (C=O) groups excluding carboxylic acids is 4. The van der Waals surface area contributed by atoms with Crippen LogP contribution in [0.3, 0.4) is 0 Å². The van der Waals surface area contributed by atoms with Crippen LogP contribution < -0.4 is 29.8 Å². The molecule has 7 rings (SSSR count). The number of aromatic hydroxyl groups is 1. The van der Waals surface area contributed by atoms with E-state index in [0.29, 0.717) is 31.6 Å². The summed E-state index contributed by atoms with van der Waals surface area (Å²) in [6, 6.07) is 10.0. The van der Waals surface area contributed by atoms with E-state index in [9.17, 15) is 34.2 Å². The molecule has 0 radical (unpaired) electrons. The van der Waals surface area contributed by atoms with Crippen molar-refractivity contribution in [2.45, 2.75) is 76.5 Å². The summed E-state index contributed by atoms with van der Waals surface area (Å²) in [4.78, 5) is 71.9. The molecule has 2 bridgehead atoms. The van der Waals surface area contributed by atoms with Gasteiger partial charge in [0, 0.05) is 73.6 Å². The van der Waals surface area contributed by atoms with Gasteiger partial charge in [-0.3, -0.25) is 24.0 Å². The Kier molecular flexibility index (Phi) is 11.0. The van der Waals surface area contributed by atoms with Crippen molar-refractivity contribution in [3.05, 3.63) is 86.0 Å². The van der Waals surface area contributed by atoms with Crippen molar-refractivity contribution in [3.63, 3.8) is 0 Å². The number of aliphatic hydroxyl groups is 1. The number of nitrogens with one attached hydrogen (secondary N) is 1. The van der Waals surface area contributed by atoms with Crippen LogP contribution in [0.5, 0.6) is 28.7 Å². The standard InChI is InChI=1S/C43H48ClN3O11/c1-7-21(2)38(42(54)46-18-23-14-25(20-46)27-9-8-10-34(51)47(27)19-23)45-33(50)16-26(24-11-12-28(48)30(15-24)55-4)35-29(49)13-22(3)43(40(35)52)41(53)36-31(56-5)17-32(57-6)37(44)39(36)58-43/h8-12,15,17,21-23,25-26,38,48,52H,7,13-14,16,18-20H2,1-6H3,(H,45,50). The smallest absolute Gasteiger partial charge is 0.250 e. The van der Waals surface area contributed by atoms with E-state index in [4.69, 9.17) is 30.5 Å². The summed E-state index contributed by atoms with van der Waals surface area (Å²) < 4.78 is 24.4. The first-order valence-corrected chi connectivity index (χ1v) is 19.9. The highest BCUT2D eigenvalue weighted by molar-refractivity contribution is 6.35. The normalized spacial score (nSPS) is 23.7.